The smallest absolute Gasteiger partial charge is 0.353 e. The first-order valence-corrected chi connectivity index (χ1v) is 15.4. The fraction of sp³-hybridized carbons (Fsp3) is 0.545. The van der Waals surface area contributed by atoms with Crippen LogP contribution in [0, 0.1) is 0 Å². The number of halogens is 1. The van der Waals surface area contributed by atoms with Gasteiger partial charge in [0.2, 0.25) is 11.5 Å². The number of amidine groups is 1. The summed E-state index contributed by atoms with van der Waals surface area (Å²) >= 11 is 3.47. The van der Waals surface area contributed by atoms with Crippen LogP contribution in [0.5, 0.6) is 0 Å². The standard InChI is InChI=1S/C22H29FN10O5S3/c1-32(22(39-2)27-12-5-3-11(24)4-6-12)26-7-10-8-40-19-14(18(35)33(19)15(10)20(36)37)28-17(34)13(30-38-9-23)16-29-21(25)41-31-16/h7,11-12,14,19H,3-6,8-9,24H2,1-2H3,(H,28,34)(H,36,37)(H2,25,29,31)/b26-7?,27-22+,30-13-/t11-,12-,14?,19-/m0/s1. The normalized spacial score (nSPS) is 25.2. The van der Waals surface area contributed by atoms with Crippen LogP contribution in [0.1, 0.15) is 31.5 Å². The van der Waals surface area contributed by atoms with Gasteiger partial charge in [-0.05, 0) is 31.9 Å². The van der Waals surface area contributed by atoms with Gasteiger partial charge in [0, 0.05) is 35.9 Å². The van der Waals surface area contributed by atoms with E-state index in [-0.39, 0.29) is 34.5 Å². The maximum atomic E-state index is 13.0. The number of aliphatic imine (C=N–C) groups is 1. The van der Waals surface area contributed by atoms with E-state index < -0.39 is 41.8 Å². The minimum Gasteiger partial charge on any atom is -0.477 e. The number of thioether (sulfide) groups is 2. The Morgan fingerprint density at radius 2 is 2.10 bits per heavy atom. The van der Waals surface area contributed by atoms with Crippen LogP contribution in [0.2, 0.25) is 0 Å². The molecule has 1 saturated carbocycles. The maximum Gasteiger partial charge on any atom is 0.353 e. The molecule has 15 nitrogen and oxygen atoms in total. The molecule has 3 aliphatic rings. The number of oxime groups is 1. The van der Waals surface area contributed by atoms with E-state index in [9.17, 15) is 23.9 Å². The predicted octanol–water partition coefficient (Wildman–Crippen LogP) is 0.413. The number of carbonyl (C=O) groups is 3. The highest BCUT2D eigenvalue weighted by Crippen LogP contribution is 2.40. The third-order valence-electron chi connectivity index (χ3n) is 6.44. The highest BCUT2D eigenvalue weighted by atomic mass is 32.2. The Hall–Kier alpha value is -3.29. The molecule has 0 bridgehead atoms. The van der Waals surface area contributed by atoms with Crippen molar-refractivity contribution in [3.05, 3.63) is 17.1 Å². The minimum absolute atomic E-state index is 0.0419. The Bertz CT molecular complexity index is 1300. The van der Waals surface area contributed by atoms with Crippen molar-refractivity contribution >= 4 is 75.1 Å². The van der Waals surface area contributed by atoms with Gasteiger partial charge in [0.05, 0.1) is 12.3 Å². The Morgan fingerprint density at radius 3 is 2.71 bits per heavy atom. The van der Waals surface area contributed by atoms with Crippen LogP contribution in [0.25, 0.3) is 0 Å². The quantitative estimate of drug-likeness (QED) is 0.127. The molecular weight excluding hydrogens is 600 g/mol. The molecule has 222 valence electrons. The van der Waals surface area contributed by atoms with Crippen molar-refractivity contribution in [3.63, 3.8) is 0 Å². The van der Waals surface area contributed by atoms with Gasteiger partial charge in [0.15, 0.2) is 10.3 Å². The molecule has 1 aliphatic carbocycles. The van der Waals surface area contributed by atoms with Gasteiger partial charge in [-0.1, -0.05) is 16.9 Å². The van der Waals surface area contributed by atoms with Crippen LogP contribution >= 0.6 is 35.1 Å². The summed E-state index contributed by atoms with van der Waals surface area (Å²) in [6.07, 6.45) is 6.91. The van der Waals surface area contributed by atoms with Crippen LogP contribution in [0.3, 0.4) is 0 Å². The topological polar surface area (TPSA) is 214 Å². The first-order valence-electron chi connectivity index (χ1n) is 12.4. The van der Waals surface area contributed by atoms with Crippen LogP contribution in [0.4, 0.5) is 9.52 Å². The van der Waals surface area contributed by atoms with Gasteiger partial charge in [0.1, 0.15) is 17.1 Å². The average Bonchev–Trinajstić information content (AvgIpc) is 3.39. The number of β-lactam (4-membered cyclic amide) rings is 1. The number of carboxylic acid groups (broad SMARTS) is 1. The van der Waals surface area contributed by atoms with Crippen molar-refractivity contribution in [1.29, 1.82) is 0 Å². The van der Waals surface area contributed by atoms with Gasteiger partial charge in [-0.2, -0.15) is 14.5 Å². The maximum absolute atomic E-state index is 13.0. The lowest BCUT2D eigenvalue weighted by molar-refractivity contribution is -0.150. The van der Waals surface area contributed by atoms with E-state index in [0.717, 1.165) is 42.1 Å². The number of nitrogens with zero attached hydrogens (tertiary/aromatic N) is 7. The summed E-state index contributed by atoms with van der Waals surface area (Å²) in [5.74, 6) is -2.86. The molecule has 1 saturated heterocycles. The van der Waals surface area contributed by atoms with Crippen molar-refractivity contribution in [2.45, 2.75) is 49.2 Å². The van der Waals surface area contributed by atoms with Crippen molar-refractivity contribution in [1.82, 2.24) is 24.6 Å². The number of rotatable bonds is 9. The number of fused-ring (bicyclic) bond motifs is 1. The second-order valence-electron chi connectivity index (χ2n) is 9.13. The van der Waals surface area contributed by atoms with E-state index in [1.807, 2.05) is 6.26 Å². The van der Waals surface area contributed by atoms with Gasteiger partial charge in [0.25, 0.3) is 18.7 Å². The molecule has 1 unspecified atom stereocenters. The number of carboxylic acids is 1. The summed E-state index contributed by atoms with van der Waals surface area (Å²) in [4.78, 5) is 52.2. The lowest BCUT2D eigenvalue weighted by atomic mass is 9.92. The Labute approximate surface area is 246 Å². The molecule has 2 fully saturated rings. The number of nitrogen functional groups attached to an aromatic ring is 1. The van der Waals surface area contributed by atoms with Crippen molar-refractivity contribution in [2.24, 2.45) is 21.0 Å². The van der Waals surface area contributed by atoms with Crippen molar-refractivity contribution < 1.29 is 28.7 Å². The number of hydrogen-bond acceptors (Lipinski definition) is 14. The monoisotopic (exact) mass is 628 g/mol. The fourth-order valence-electron chi connectivity index (χ4n) is 4.42. The number of nitrogens with one attached hydrogen (secondary N) is 1. The van der Waals surface area contributed by atoms with Crippen LogP contribution < -0.4 is 16.8 Å². The zero-order valence-electron chi connectivity index (χ0n) is 22.1. The summed E-state index contributed by atoms with van der Waals surface area (Å²) in [5, 5.41) is 21.8. The van der Waals surface area contributed by atoms with Crippen molar-refractivity contribution in [2.75, 3.05) is 31.7 Å². The first kappa shape index (κ1) is 30.7. The Morgan fingerprint density at radius 1 is 1.37 bits per heavy atom. The third-order valence-corrected chi connectivity index (χ3v) is 9.02. The molecule has 19 heteroatoms. The lowest BCUT2D eigenvalue weighted by Crippen LogP contribution is -2.71. The number of hydrazone groups is 1. The molecular formula is C22H29FN10O5S3. The van der Waals surface area contributed by atoms with E-state index in [0.29, 0.717) is 10.7 Å². The first-order chi connectivity index (χ1) is 19.6. The Kier molecular flexibility index (Phi) is 10.2. The highest BCUT2D eigenvalue weighted by Gasteiger charge is 2.54. The molecule has 0 aromatic carbocycles. The number of hydrogen-bond donors (Lipinski definition) is 4. The fourth-order valence-corrected chi connectivity index (χ4v) is 6.71. The van der Waals surface area contributed by atoms with Crippen LogP contribution in [0.15, 0.2) is 26.5 Å². The number of amides is 2. The Balaban J connectivity index is 1.47. The molecule has 2 atom stereocenters. The van der Waals surface area contributed by atoms with Crippen LogP contribution in [-0.2, 0) is 19.2 Å². The summed E-state index contributed by atoms with van der Waals surface area (Å²) < 4.78 is 16.4. The van der Waals surface area contributed by atoms with Crippen LogP contribution in [-0.4, -0.2) is 109 Å². The third kappa shape index (κ3) is 6.96. The second kappa shape index (κ2) is 13.6. The van der Waals surface area contributed by atoms with E-state index in [4.69, 9.17) is 16.5 Å². The number of alkyl halides is 1. The van der Waals surface area contributed by atoms with E-state index >= 15 is 0 Å². The molecule has 2 amide bonds. The molecule has 6 N–H and O–H groups in total. The number of carbonyl (C=O) groups excluding carboxylic acids is 2. The molecule has 2 aliphatic heterocycles. The summed E-state index contributed by atoms with van der Waals surface area (Å²) in [6.45, 7) is -1.31. The van der Waals surface area contributed by atoms with E-state index in [2.05, 4.69) is 29.8 Å². The highest BCUT2D eigenvalue weighted by molar-refractivity contribution is 8.13. The zero-order valence-corrected chi connectivity index (χ0v) is 24.5. The molecule has 41 heavy (non-hydrogen) atoms. The largest absolute Gasteiger partial charge is 0.477 e. The molecule has 1 aromatic heterocycles. The van der Waals surface area contributed by atoms with E-state index in [1.165, 1.54) is 29.7 Å². The molecule has 0 radical (unpaired) electrons. The second-order valence-corrected chi connectivity index (χ2v) is 11.8. The predicted molar refractivity (Wildman–Crippen MR) is 155 cm³/mol. The molecule has 3 heterocycles. The van der Waals surface area contributed by atoms with Gasteiger partial charge in [-0.15, -0.1) is 11.8 Å². The van der Waals surface area contributed by atoms with Gasteiger partial charge in [-0.3, -0.25) is 19.5 Å². The molecule has 4 rings (SSSR count). The lowest BCUT2D eigenvalue weighted by Gasteiger charge is -2.49. The zero-order chi connectivity index (χ0) is 29.7. The van der Waals surface area contributed by atoms with E-state index in [1.54, 1.807) is 12.1 Å². The number of aromatic nitrogens is 2. The van der Waals surface area contributed by atoms with Gasteiger partial charge < -0.3 is 26.7 Å². The summed E-state index contributed by atoms with van der Waals surface area (Å²) in [6, 6.07) is -0.715. The SMILES string of the molecule is CS/C(=N/[C@H]1CC[C@H](N)CC1)N(C)N=CC1=C(C(=O)O)N2C(=O)C(NC(=O)/C(=N\OCF)c3nsc(N)n3)[C@@H]2SC1. The van der Waals surface area contributed by atoms with Gasteiger partial charge >= 0.3 is 5.97 Å². The number of aliphatic carboxylic acids is 1. The minimum atomic E-state index is -1.31. The van der Waals surface area contributed by atoms with Crippen molar-refractivity contribution in [3.8, 4) is 0 Å². The number of nitrogens with two attached hydrogens (primary N) is 2. The summed E-state index contributed by atoms with van der Waals surface area (Å²) in [5.41, 5.74) is 11.2. The number of anilines is 1. The molecule has 0 spiro atoms. The average molecular weight is 629 g/mol. The summed E-state index contributed by atoms with van der Waals surface area (Å²) in [7, 11) is 1.72. The molecule has 1 aromatic rings. The van der Waals surface area contributed by atoms with Gasteiger partial charge in [-0.25, -0.2) is 14.2 Å².